The van der Waals surface area contributed by atoms with Crippen LogP contribution in [0.2, 0.25) is 0 Å². The van der Waals surface area contributed by atoms with Crippen molar-refractivity contribution < 1.29 is 4.39 Å². The van der Waals surface area contributed by atoms with Crippen molar-refractivity contribution in [1.29, 1.82) is 0 Å². The molecule has 2 aromatic carbocycles. The molecule has 1 N–H and O–H groups in total. The summed E-state index contributed by atoms with van der Waals surface area (Å²) < 4.78 is 14.0. The minimum atomic E-state index is -0.262. The summed E-state index contributed by atoms with van der Waals surface area (Å²) in [5.41, 5.74) is 5.76. The second-order valence-corrected chi connectivity index (χ2v) is 6.57. The molecule has 106 valence electrons. The minimum Gasteiger partial charge on any atom is -0.255 e. The monoisotopic (exact) mass is 411 g/mol. The number of halogens is 2. The van der Waals surface area contributed by atoms with Gasteiger partial charge >= 0.3 is 0 Å². The summed E-state index contributed by atoms with van der Waals surface area (Å²) in [5.74, 6) is 0.496. The van der Waals surface area contributed by atoms with Crippen LogP contribution in [-0.4, -0.2) is 16.6 Å². The van der Waals surface area contributed by atoms with E-state index in [0.29, 0.717) is 5.69 Å². The number of amidine groups is 1. The van der Waals surface area contributed by atoms with Gasteiger partial charge in [-0.1, -0.05) is 23.9 Å². The van der Waals surface area contributed by atoms with E-state index in [9.17, 15) is 4.39 Å². The Morgan fingerprint density at radius 2 is 1.81 bits per heavy atom. The topological polar surface area (TPSA) is 36.8 Å². The first-order valence-corrected chi connectivity index (χ1v) is 8.33. The Bertz CT molecular complexity index is 696. The number of nitrogens with zero attached hydrogens (tertiary/aromatic N) is 2. The van der Waals surface area contributed by atoms with Gasteiger partial charge in [0.05, 0.1) is 11.4 Å². The number of thioether (sulfide) groups is 1. The molecule has 21 heavy (non-hydrogen) atoms. The van der Waals surface area contributed by atoms with E-state index in [-0.39, 0.29) is 5.82 Å². The van der Waals surface area contributed by atoms with E-state index in [1.807, 2.05) is 0 Å². The highest BCUT2D eigenvalue weighted by molar-refractivity contribution is 14.1. The standard InChI is InChI=1S/C15H11FIN3S/c16-11-3-7-13(8-4-11)18-15-20-19-14(9-21-15)10-1-5-12(17)6-2-10/h1-8H,9H2,(H,18,20). The third-order valence-corrected chi connectivity index (χ3v) is 4.46. The fourth-order valence-corrected chi connectivity index (χ4v) is 2.94. The number of hydrogen-bond acceptors (Lipinski definition) is 3. The van der Waals surface area contributed by atoms with Crippen molar-refractivity contribution in [2.45, 2.75) is 0 Å². The van der Waals surface area contributed by atoms with Gasteiger partial charge in [0.1, 0.15) is 5.82 Å². The zero-order valence-corrected chi connectivity index (χ0v) is 13.9. The molecule has 1 aliphatic rings. The Labute approximate surface area is 139 Å². The number of hydrazone groups is 1. The molecule has 1 heterocycles. The Morgan fingerprint density at radius 3 is 2.43 bits per heavy atom. The van der Waals surface area contributed by atoms with Crippen LogP contribution in [0.4, 0.5) is 10.1 Å². The van der Waals surface area contributed by atoms with Crippen molar-refractivity contribution in [1.82, 2.24) is 5.43 Å². The third-order valence-electron chi connectivity index (χ3n) is 2.87. The van der Waals surface area contributed by atoms with Crippen LogP contribution in [0.1, 0.15) is 5.56 Å². The lowest BCUT2D eigenvalue weighted by atomic mass is 10.1. The van der Waals surface area contributed by atoms with Crippen LogP contribution in [0.3, 0.4) is 0 Å². The Balaban J connectivity index is 1.74. The number of nitrogens with one attached hydrogen (secondary N) is 1. The van der Waals surface area contributed by atoms with Crippen molar-refractivity contribution in [2.24, 2.45) is 10.1 Å². The van der Waals surface area contributed by atoms with Gasteiger partial charge in [0.25, 0.3) is 0 Å². The van der Waals surface area contributed by atoms with Gasteiger partial charge in [-0.25, -0.2) is 9.38 Å². The molecule has 0 radical (unpaired) electrons. The molecule has 0 saturated carbocycles. The van der Waals surface area contributed by atoms with Gasteiger partial charge in [0, 0.05) is 9.32 Å². The van der Waals surface area contributed by atoms with Gasteiger partial charge in [-0.15, -0.1) is 0 Å². The summed E-state index contributed by atoms with van der Waals surface area (Å²) in [6.45, 7) is 0. The molecule has 3 rings (SSSR count). The van der Waals surface area contributed by atoms with Crippen LogP contribution in [0.15, 0.2) is 58.6 Å². The second kappa shape index (κ2) is 6.57. The predicted octanol–water partition coefficient (Wildman–Crippen LogP) is 4.16. The van der Waals surface area contributed by atoms with Gasteiger partial charge in [-0.3, -0.25) is 5.43 Å². The quantitative estimate of drug-likeness (QED) is 0.754. The highest BCUT2D eigenvalue weighted by atomic mass is 127. The van der Waals surface area contributed by atoms with Crippen LogP contribution < -0.4 is 5.43 Å². The summed E-state index contributed by atoms with van der Waals surface area (Å²) in [5, 5.41) is 5.08. The van der Waals surface area contributed by atoms with Crippen molar-refractivity contribution >= 4 is 50.9 Å². The lowest BCUT2D eigenvalue weighted by Crippen LogP contribution is -2.25. The molecule has 0 spiro atoms. The number of benzene rings is 2. The maximum Gasteiger partial charge on any atom is 0.182 e. The largest absolute Gasteiger partial charge is 0.255 e. The molecule has 0 unspecified atom stereocenters. The zero-order valence-electron chi connectivity index (χ0n) is 10.9. The average Bonchev–Trinajstić information content (AvgIpc) is 2.51. The third kappa shape index (κ3) is 3.82. The van der Waals surface area contributed by atoms with E-state index in [4.69, 9.17) is 0 Å². The van der Waals surface area contributed by atoms with Crippen molar-refractivity contribution in [3.05, 3.63) is 63.5 Å². The van der Waals surface area contributed by atoms with Crippen LogP contribution in [0.5, 0.6) is 0 Å². The molecule has 6 heteroatoms. The van der Waals surface area contributed by atoms with Crippen LogP contribution in [0, 0.1) is 9.39 Å². The molecule has 3 nitrogen and oxygen atoms in total. The lowest BCUT2D eigenvalue weighted by molar-refractivity contribution is 0.628. The summed E-state index contributed by atoms with van der Waals surface area (Å²) in [7, 11) is 0. The maximum atomic E-state index is 12.8. The summed E-state index contributed by atoms with van der Waals surface area (Å²) >= 11 is 3.86. The molecule has 0 amide bonds. The zero-order chi connectivity index (χ0) is 14.7. The van der Waals surface area contributed by atoms with Gasteiger partial charge < -0.3 is 0 Å². The van der Waals surface area contributed by atoms with Gasteiger partial charge in [-0.05, 0) is 64.6 Å². The van der Waals surface area contributed by atoms with Gasteiger partial charge in [0.2, 0.25) is 0 Å². The minimum absolute atomic E-state index is 0.262. The smallest absolute Gasteiger partial charge is 0.182 e. The first-order chi connectivity index (χ1) is 10.2. The van der Waals surface area contributed by atoms with Crippen LogP contribution in [-0.2, 0) is 0 Å². The number of hydrogen-bond donors (Lipinski definition) is 1. The number of aliphatic imine (C=N–C) groups is 1. The van der Waals surface area contributed by atoms with E-state index in [1.165, 1.54) is 15.7 Å². The van der Waals surface area contributed by atoms with E-state index in [0.717, 1.165) is 22.2 Å². The van der Waals surface area contributed by atoms with Crippen molar-refractivity contribution in [3.63, 3.8) is 0 Å². The second-order valence-electron chi connectivity index (χ2n) is 4.36. The summed E-state index contributed by atoms with van der Waals surface area (Å²) in [6, 6.07) is 14.3. The van der Waals surface area contributed by atoms with Crippen molar-refractivity contribution in [3.8, 4) is 0 Å². The van der Waals surface area contributed by atoms with E-state index < -0.39 is 0 Å². The fraction of sp³-hybridized carbons (Fsp3) is 0.0667. The maximum absolute atomic E-state index is 12.8. The fourth-order valence-electron chi connectivity index (χ4n) is 1.80. The van der Waals surface area contributed by atoms with Crippen molar-refractivity contribution in [2.75, 3.05) is 5.75 Å². The van der Waals surface area contributed by atoms with E-state index >= 15 is 0 Å². The molecule has 2 aromatic rings. The molecule has 0 bridgehead atoms. The van der Waals surface area contributed by atoms with E-state index in [2.05, 4.69) is 62.4 Å². The molecule has 0 aliphatic carbocycles. The Kier molecular flexibility index (Phi) is 4.54. The molecule has 0 fully saturated rings. The Morgan fingerprint density at radius 1 is 1.10 bits per heavy atom. The highest BCUT2D eigenvalue weighted by Crippen LogP contribution is 2.19. The molecular formula is C15H11FIN3S. The Hall–Kier alpha value is -1.41. The summed E-state index contributed by atoms with van der Waals surface area (Å²) in [6.07, 6.45) is 0. The average molecular weight is 411 g/mol. The molecule has 0 aromatic heterocycles. The normalized spacial score (nSPS) is 16.5. The van der Waals surface area contributed by atoms with Gasteiger partial charge in [-0.2, -0.15) is 5.10 Å². The first-order valence-electron chi connectivity index (χ1n) is 6.26. The number of rotatable bonds is 2. The van der Waals surface area contributed by atoms with Gasteiger partial charge in [0.15, 0.2) is 5.17 Å². The molecule has 1 aliphatic heterocycles. The summed E-state index contributed by atoms with van der Waals surface area (Å²) in [4.78, 5) is 4.39. The molecule has 0 saturated heterocycles. The van der Waals surface area contributed by atoms with Crippen LogP contribution in [0.25, 0.3) is 0 Å². The first kappa shape index (κ1) is 14.5. The highest BCUT2D eigenvalue weighted by Gasteiger charge is 2.12. The van der Waals surface area contributed by atoms with Crippen LogP contribution >= 0.6 is 34.4 Å². The predicted molar refractivity (Wildman–Crippen MR) is 94.8 cm³/mol. The van der Waals surface area contributed by atoms with E-state index in [1.54, 1.807) is 23.9 Å². The lowest BCUT2D eigenvalue weighted by Gasteiger charge is -2.14. The SMILES string of the molecule is Fc1ccc(N=C2NN=C(c3ccc(I)cc3)CS2)cc1. The molecule has 0 atom stereocenters. The molecular weight excluding hydrogens is 400 g/mol.